The van der Waals surface area contributed by atoms with Gasteiger partial charge < -0.3 is 4.98 Å². The average Bonchev–Trinajstić information content (AvgIpc) is 3.07. The first-order chi connectivity index (χ1) is 8.92. The van der Waals surface area contributed by atoms with Gasteiger partial charge in [-0.2, -0.15) is 0 Å². The smallest absolute Gasteiger partial charge is 0.110 e. The van der Waals surface area contributed by atoms with E-state index >= 15 is 0 Å². The van der Waals surface area contributed by atoms with Gasteiger partial charge in [-0.05, 0) is 18.9 Å². The van der Waals surface area contributed by atoms with Gasteiger partial charge in [-0.25, -0.2) is 4.98 Å². The zero-order valence-electron chi connectivity index (χ0n) is 10.2. The van der Waals surface area contributed by atoms with E-state index in [1.165, 1.54) is 25.7 Å². The highest BCUT2D eigenvalue weighted by molar-refractivity contribution is 6.01. The van der Waals surface area contributed by atoms with Gasteiger partial charge in [0.2, 0.25) is 0 Å². The molecular formula is C15H15N3. The first-order valence-corrected chi connectivity index (χ1v) is 6.65. The average molecular weight is 237 g/mol. The van der Waals surface area contributed by atoms with Crippen molar-refractivity contribution in [1.29, 1.82) is 0 Å². The third kappa shape index (κ3) is 1.43. The molecule has 4 rings (SSSR count). The van der Waals surface area contributed by atoms with Crippen LogP contribution in [0.25, 0.3) is 21.9 Å². The van der Waals surface area contributed by atoms with Crippen molar-refractivity contribution < 1.29 is 0 Å². The number of fused-ring (bicyclic) bond motifs is 3. The monoisotopic (exact) mass is 237 g/mol. The van der Waals surface area contributed by atoms with Gasteiger partial charge in [0.1, 0.15) is 5.82 Å². The summed E-state index contributed by atoms with van der Waals surface area (Å²) in [6.45, 7) is 0. The van der Waals surface area contributed by atoms with E-state index in [0.717, 1.165) is 27.8 Å². The van der Waals surface area contributed by atoms with E-state index in [-0.39, 0.29) is 0 Å². The molecule has 0 unspecified atom stereocenters. The van der Waals surface area contributed by atoms with Crippen molar-refractivity contribution >= 4 is 21.9 Å². The van der Waals surface area contributed by atoms with Gasteiger partial charge in [-0.1, -0.05) is 31.0 Å². The minimum atomic E-state index is 0.621. The van der Waals surface area contributed by atoms with Crippen LogP contribution >= 0.6 is 0 Å². The number of para-hydroxylation sites is 1. The molecule has 18 heavy (non-hydrogen) atoms. The van der Waals surface area contributed by atoms with E-state index in [2.05, 4.69) is 16.0 Å². The molecule has 1 fully saturated rings. The minimum absolute atomic E-state index is 0.621. The van der Waals surface area contributed by atoms with Gasteiger partial charge in [-0.3, -0.25) is 4.98 Å². The summed E-state index contributed by atoms with van der Waals surface area (Å²) in [6.07, 6.45) is 7.11. The Morgan fingerprint density at radius 2 is 1.94 bits per heavy atom. The summed E-state index contributed by atoms with van der Waals surface area (Å²) in [4.78, 5) is 12.8. The molecule has 1 aromatic carbocycles. The number of pyridine rings is 1. The lowest BCUT2D eigenvalue weighted by Gasteiger charge is -2.02. The van der Waals surface area contributed by atoms with Gasteiger partial charge in [0.25, 0.3) is 0 Å². The van der Waals surface area contributed by atoms with E-state index in [4.69, 9.17) is 4.98 Å². The zero-order chi connectivity index (χ0) is 11.9. The number of aromatic nitrogens is 3. The maximum absolute atomic E-state index is 4.83. The van der Waals surface area contributed by atoms with Crippen LogP contribution in [-0.2, 0) is 0 Å². The number of H-pyrrole nitrogens is 1. The van der Waals surface area contributed by atoms with Gasteiger partial charge in [-0.15, -0.1) is 0 Å². The minimum Gasteiger partial charge on any atom is -0.340 e. The third-order valence-corrected chi connectivity index (χ3v) is 3.98. The van der Waals surface area contributed by atoms with Gasteiger partial charge in [0.05, 0.1) is 22.7 Å². The van der Waals surface area contributed by atoms with Crippen molar-refractivity contribution in [1.82, 2.24) is 15.0 Å². The molecule has 3 heteroatoms. The Kier molecular flexibility index (Phi) is 2.13. The summed E-state index contributed by atoms with van der Waals surface area (Å²) in [6, 6.07) is 8.21. The van der Waals surface area contributed by atoms with Gasteiger partial charge in [0, 0.05) is 11.3 Å². The van der Waals surface area contributed by atoms with Crippen LogP contribution in [0.1, 0.15) is 37.4 Å². The Labute approximate surface area is 105 Å². The Bertz CT molecular complexity index is 708. The van der Waals surface area contributed by atoms with Crippen molar-refractivity contribution in [3.63, 3.8) is 0 Å². The Morgan fingerprint density at radius 1 is 1.11 bits per heavy atom. The molecule has 2 heterocycles. The van der Waals surface area contributed by atoms with Crippen LogP contribution in [0.2, 0.25) is 0 Å². The first kappa shape index (κ1) is 10.1. The number of benzene rings is 1. The van der Waals surface area contributed by atoms with Crippen LogP contribution in [0.3, 0.4) is 0 Å². The van der Waals surface area contributed by atoms with Crippen molar-refractivity contribution in [2.24, 2.45) is 0 Å². The second-order valence-electron chi connectivity index (χ2n) is 5.14. The molecule has 90 valence electrons. The van der Waals surface area contributed by atoms with E-state index in [9.17, 15) is 0 Å². The fourth-order valence-electron chi connectivity index (χ4n) is 3.02. The molecule has 1 aliphatic rings. The number of nitrogens with one attached hydrogen (secondary N) is 1. The molecule has 0 aliphatic heterocycles. The Morgan fingerprint density at radius 3 is 2.83 bits per heavy atom. The molecule has 0 spiro atoms. The lowest BCUT2D eigenvalue weighted by atomic mass is 10.1. The molecular weight excluding hydrogens is 222 g/mol. The number of rotatable bonds is 1. The van der Waals surface area contributed by atoms with E-state index in [1.54, 1.807) is 0 Å². The molecule has 0 bridgehead atoms. The molecule has 0 saturated heterocycles. The summed E-state index contributed by atoms with van der Waals surface area (Å²) in [5.41, 5.74) is 3.16. The van der Waals surface area contributed by atoms with Crippen LogP contribution in [0, 0.1) is 0 Å². The molecule has 0 radical (unpaired) electrons. The highest BCUT2D eigenvalue weighted by Gasteiger charge is 2.20. The van der Waals surface area contributed by atoms with Crippen LogP contribution in [0.15, 0.2) is 30.5 Å². The zero-order valence-corrected chi connectivity index (χ0v) is 10.2. The van der Waals surface area contributed by atoms with Gasteiger partial charge in [0.15, 0.2) is 0 Å². The Hall–Kier alpha value is -1.90. The number of hydrogen-bond acceptors (Lipinski definition) is 2. The van der Waals surface area contributed by atoms with Crippen LogP contribution < -0.4 is 0 Å². The molecule has 1 aliphatic carbocycles. The highest BCUT2D eigenvalue weighted by Crippen LogP contribution is 2.34. The van der Waals surface area contributed by atoms with E-state index in [0.29, 0.717) is 5.92 Å². The van der Waals surface area contributed by atoms with Crippen LogP contribution in [-0.4, -0.2) is 15.0 Å². The summed E-state index contributed by atoms with van der Waals surface area (Å²) in [7, 11) is 0. The summed E-state index contributed by atoms with van der Waals surface area (Å²) in [5, 5.41) is 1.15. The standard InChI is InChI=1S/C15H15N3/c1-2-6-10(5-1)15-17-13-9-16-12-8-4-3-7-11(12)14(13)18-15/h3-4,7-10H,1-2,5-6H2,(H,17,18). The quantitative estimate of drug-likeness (QED) is 0.700. The van der Waals surface area contributed by atoms with Crippen molar-refractivity contribution in [3.05, 3.63) is 36.3 Å². The second kappa shape index (κ2) is 3.80. The summed E-state index contributed by atoms with van der Waals surface area (Å²) >= 11 is 0. The van der Waals surface area contributed by atoms with Crippen LogP contribution in [0.4, 0.5) is 0 Å². The number of nitrogens with zero attached hydrogens (tertiary/aromatic N) is 2. The normalized spacial score (nSPS) is 16.9. The topological polar surface area (TPSA) is 41.6 Å². The lowest BCUT2D eigenvalue weighted by molar-refractivity contribution is 0.681. The molecule has 0 atom stereocenters. The van der Waals surface area contributed by atoms with Gasteiger partial charge >= 0.3 is 0 Å². The largest absolute Gasteiger partial charge is 0.340 e. The van der Waals surface area contributed by atoms with Crippen molar-refractivity contribution in [2.45, 2.75) is 31.6 Å². The maximum atomic E-state index is 4.83. The number of aromatic amines is 1. The van der Waals surface area contributed by atoms with Crippen molar-refractivity contribution in [2.75, 3.05) is 0 Å². The van der Waals surface area contributed by atoms with Crippen LogP contribution in [0.5, 0.6) is 0 Å². The predicted molar refractivity (Wildman–Crippen MR) is 72.6 cm³/mol. The first-order valence-electron chi connectivity index (χ1n) is 6.65. The fraction of sp³-hybridized carbons (Fsp3) is 0.333. The SMILES string of the molecule is c1ccc2c(c1)ncc1[nH]c(C3CCCC3)nc12. The molecule has 1 saturated carbocycles. The highest BCUT2D eigenvalue weighted by atomic mass is 14.9. The summed E-state index contributed by atoms with van der Waals surface area (Å²) < 4.78 is 0. The Balaban J connectivity index is 1.95. The molecule has 1 N–H and O–H groups in total. The fourth-order valence-corrected chi connectivity index (χ4v) is 3.02. The van der Waals surface area contributed by atoms with E-state index < -0.39 is 0 Å². The maximum Gasteiger partial charge on any atom is 0.110 e. The molecule has 3 aromatic rings. The molecule has 2 aromatic heterocycles. The lowest BCUT2D eigenvalue weighted by Crippen LogP contribution is -1.93. The molecule has 3 nitrogen and oxygen atoms in total. The number of hydrogen-bond donors (Lipinski definition) is 1. The molecule has 0 amide bonds. The number of imidazole rings is 1. The van der Waals surface area contributed by atoms with Crippen molar-refractivity contribution in [3.8, 4) is 0 Å². The van der Waals surface area contributed by atoms with E-state index in [1.807, 2.05) is 24.4 Å². The summed E-state index contributed by atoms with van der Waals surface area (Å²) in [5.74, 6) is 1.77. The second-order valence-corrected chi connectivity index (χ2v) is 5.14. The third-order valence-electron chi connectivity index (χ3n) is 3.98. The predicted octanol–water partition coefficient (Wildman–Crippen LogP) is 3.77.